The third kappa shape index (κ3) is 4.57. The first-order chi connectivity index (χ1) is 14.3. The van der Waals surface area contributed by atoms with E-state index in [1.165, 1.54) is 12.1 Å². The van der Waals surface area contributed by atoms with Crippen molar-refractivity contribution < 1.29 is 29.0 Å². The van der Waals surface area contributed by atoms with Crippen molar-refractivity contribution >= 4 is 51.5 Å². The Labute approximate surface area is 180 Å². The summed E-state index contributed by atoms with van der Waals surface area (Å²) >= 11 is 3.29. The molecule has 2 aromatic carbocycles. The molecule has 2 N–H and O–H groups in total. The monoisotopic (exact) mass is 472 g/mol. The van der Waals surface area contributed by atoms with Gasteiger partial charge in [-0.05, 0) is 48.4 Å². The van der Waals surface area contributed by atoms with Gasteiger partial charge >= 0.3 is 12.0 Å². The van der Waals surface area contributed by atoms with E-state index in [1.807, 2.05) is 6.92 Å². The fourth-order valence-electron chi connectivity index (χ4n) is 2.83. The van der Waals surface area contributed by atoms with E-state index in [4.69, 9.17) is 9.84 Å². The van der Waals surface area contributed by atoms with Gasteiger partial charge in [0.25, 0.3) is 11.8 Å². The number of carbonyl (C=O) groups is 4. The molecule has 0 aliphatic carbocycles. The molecule has 0 saturated carbocycles. The zero-order chi connectivity index (χ0) is 21.8. The van der Waals surface area contributed by atoms with Gasteiger partial charge in [-0.2, -0.15) is 0 Å². The molecule has 0 atom stereocenters. The second-order valence-corrected chi connectivity index (χ2v) is 7.26. The van der Waals surface area contributed by atoms with Gasteiger partial charge in [-0.25, -0.2) is 14.5 Å². The highest BCUT2D eigenvalue weighted by Gasteiger charge is 2.37. The van der Waals surface area contributed by atoms with E-state index >= 15 is 0 Å². The molecule has 0 bridgehead atoms. The smallest absolute Gasteiger partial charge is 0.341 e. The van der Waals surface area contributed by atoms with E-state index in [1.54, 1.807) is 36.4 Å². The largest absolute Gasteiger partial charge is 0.481 e. The quantitative estimate of drug-likeness (QED) is 0.493. The van der Waals surface area contributed by atoms with E-state index in [0.717, 1.165) is 16.9 Å². The topological polar surface area (TPSA) is 113 Å². The second-order valence-electron chi connectivity index (χ2n) is 6.34. The third-order valence-electron chi connectivity index (χ3n) is 4.33. The zero-order valence-electron chi connectivity index (χ0n) is 15.8. The lowest BCUT2D eigenvalue weighted by molar-refractivity contribution is -0.139. The highest BCUT2D eigenvalue weighted by Crippen LogP contribution is 2.28. The van der Waals surface area contributed by atoms with Gasteiger partial charge in [0.2, 0.25) is 0 Å². The van der Waals surface area contributed by atoms with Crippen LogP contribution in [-0.4, -0.2) is 35.5 Å². The summed E-state index contributed by atoms with van der Waals surface area (Å²) in [6, 6.07) is 10.7. The van der Waals surface area contributed by atoms with Crippen LogP contribution >= 0.6 is 15.9 Å². The fourth-order valence-corrected chi connectivity index (χ4v) is 3.21. The Hall–Kier alpha value is -3.46. The zero-order valence-corrected chi connectivity index (χ0v) is 17.4. The number of carboxylic acid groups (broad SMARTS) is 1. The predicted octanol–water partition coefficient (Wildman–Crippen LogP) is 3.14. The predicted molar refractivity (Wildman–Crippen MR) is 112 cm³/mol. The number of nitrogens with one attached hydrogen (secondary N) is 1. The van der Waals surface area contributed by atoms with Gasteiger partial charge in [0.1, 0.15) is 11.3 Å². The Balaban J connectivity index is 2.00. The van der Waals surface area contributed by atoms with Crippen LogP contribution in [0.1, 0.15) is 18.1 Å². The molecule has 1 aliphatic rings. The number of hydrogen-bond acceptors (Lipinski definition) is 5. The highest BCUT2D eigenvalue weighted by atomic mass is 79.9. The van der Waals surface area contributed by atoms with Crippen molar-refractivity contribution in [2.24, 2.45) is 0 Å². The summed E-state index contributed by atoms with van der Waals surface area (Å²) < 4.78 is 5.86. The molecule has 8 nitrogen and oxygen atoms in total. The first-order valence-electron chi connectivity index (χ1n) is 8.94. The summed E-state index contributed by atoms with van der Waals surface area (Å²) in [5.41, 5.74) is 1.38. The number of hydrogen-bond donors (Lipinski definition) is 2. The summed E-state index contributed by atoms with van der Waals surface area (Å²) in [6.45, 7) is 1.39. The average Bonchev–Trinajstić information content (AvgIpc) is 2.70. The molecule has 1 fully saturated rings. The number of imide groups is 2. The molecule has 30 heavy (non-hydrogen) atoms. The van der Waals surface area contributed by atoms with E-state index in [2.05, 4.69) is 21.2 Å². The third-order valence-corrected chi connectivity index (χ3v) is 4.82. The van der Waals surface area contributed by atoms with E-state index in [9.17, 15) is 19.2 Å². The van der Waals surface area contributed by atoms with Crippen LogP contribution in [0.25, 0.3) is 6.08 Å². The molecule has 2 aromatic rings. The molecule has 1 aliphatic heterocycles. The molecule has 1 saturated heterocycles. The number of barbiturate groups is 1. The van der Waals surface area contributed by atoms with Crippen LogP contribution < -0.4 is 15.0 Å². The Morgan fingerprint density at radius 2 is 1.87 bits per heavy atom. The lowest BCUT2D eigenvalue weighted by atomic mass is 10.1. The lowest BCUT2D eigenvalue weighted by Crippen LogP contribution is -2.54. The first kappa shape index (κ1) is 21.3. The molecule has 4 amide bonds. The van der Waals surface area contributed by atoms with Gasteiger partial charge in [-0.3, -0.25) is 14.9 Å². The maximum absolute atomic E-state index is 13.0. The number of carboxylic acids is 1. The molecular formula is C21H17BrN2O6. The molecular weight excluding hydrogens is 456 g/mol. The lowest BCUT2D eigenvalue weighted by Gasteiger charge is -2.26. The van der Waals surface area contributed by atoms with Gasteiger partial charge < -0.3 is 9.84 Å². The molecule has 1 heterocycles. The van der Waals surface area contributed by atoms with Crippen LogP contribution in [-0.2, 0) is 20.8 Å². The number of anilines is 1. The second kappa shape index (κ2) is 8.91. The molecule has 9 heteroatoms. The first-order valence-corrected chi connectivity index (χ1v) is 9.74. The van der Waals surface area contributed by atoms with Gasteiger partial charge in [0.05, 0.1) is 5.69 Å². The van der Waals surface area contributed by atoms with E-state index < -0.39 is 30.4 Å². The normalized spacial score (nSPS) is 15.3. The number of urea groups is 1. The van der Waals surface area contributed by atoms with Gasteiger partial charge in [-0.1, -0.05) is 35.0 Å². The van der Waals surface area contributed by atoms with Crippen molar-refractivity contribution in [2.45, 2.75) is 13.3 Å². The van der Waals surface area contributed by atoms with Crippen LogP contribution in [0.15, 0.2) is 52.5 Å². The maximum atomic E-state index is 13.0. The Kier molecular flexibility index (Phi) is 6.31. The van der Waals surface area contributed by atoms with Crippen molar-refractivity contribution in [2.75, 3.05) is 11.5 Å². The minimum Gasteiger partial charge on any atom is -0.481 e. The van der Waals surface area contributed by atoms with Crippen LogP contribution in [0, 0.1) is 0 Å². The van der Waals surface area contributed by atoms with Gasteiger partial charge in [0.15, 0.2) is 6.61 Å². The van der Waals surface area contributed by atoms with Crippen LogP contribution in [0.2, 0.25) is 0 Å². The summed E-state index contributed by atoms with van der Waals surface area (Å²) in [7, 11) is 0. The molecule has 0 radical (unpaired) electrons. The van der Waals surface area contributed by atoms with Crippen LogP contribution in [0.3, 0.4) is 0 Å². The van der Waals surface area contributed by atoms with Crippen molar-refractivity contribution in [3.8, 4) is 5.75 Å². The Morgan fingerprint density at radius 1 is 1.17 bits per heavy atom. The summed E-state index contributed by atoms with van der Waals surface area (Å²) in [6.07, 6.45) is 2.06. The van der Waals surface area contributed by atoms with Crippen LogP contribution in [0.4, 0.5) is 10.5 Å². The van der Waals surface area contributed by atoms with E-state index in [-0.39, 0.29) is 11.3 Å². The SMILES string of the molecule is CCc1ccc(N2C(=O)NC(=O)/C(=C\c3cc(Br)ccc3OCC(=O)O)C2=O)cc1. The fraction of sp³-hybridized carbons (Fsp3) is 0.143. The van der Waals surface area contributed by atoms with E-state index in [0.29, 0.717) is 15.7 Å². The molecule has 0 aromatic heterocycles. The molecule has 3 rings (SSSR count). The standard InChI is InChI=1S/C21H17BrN2O6/c1-2-12-3-6-15(7-4-12)24-20(28)16(19(27)23-21(24)29)10-13-9-14(22)5-8-17(13)30-11-18(25)26/h3-10H,2,11H2,1H3,(H,25,26)(H,23,27,29)/b16-10+. The number of aliphatic carboxylic acids is 1. The summed E-state index contributed by atoms with van der Waals surface area (Å²) in [5.74, 6) is -2.65. The minimum atomic E-state index is -1.17. The number of carbonyl (C=O) groups excluding carboxylic acids is 3. The van der Waals surface area contributed by atoms with Crippen molar-refractivity contribution in [3.63, 3.8) is 0 Å². The van der Waals surface area contributed by atoms with Crippen LogP contribution in [0.5, 0.6) is 5.75 Å². The number of ether oxygens (including phenoxy) is 1. The Morgan fingerprint density at radius 3 is 2.50 bits per heavy atom. The Bertz CT molecular complexity index is 1060. The van der Waals surface area contributed by atoms with Crippen molar-refractivity contribution in [1.82, 2.24) is 5.32 Å². The molecule has 0 spiro atoms. The number of amides is 4. The summed E-state index contributed by atoms with van der Waals surface area (Å²) in [5, 5.41) is 11.0. The molecule has 0 unspecified atom stereocenters. The number of halogens is 1. The minimum absolute atomic E-state index is 0.171. The number of rotatable bonds is 6. The number of nitrogens with zero attached hydrogens (tertiary/aromatic N) is 1. The van der Waals surface area contributed by atoms with Gasteiger partial charge in [-0.15, -0.1) is 0 Å². The number of aryl methyl sites for hydroxylation is 1. The maximum Gasteiger partial charge on any atom is 0.341 e. The summed E-state index contributed by atoms with van der Waals surface area (Å²) in [4.78, 5) is 49.4. The van der Waals surface area contributed by atoms with Crippen molar-refractivity contribution in [1.29, 1.82) is 0 Å². The average molecular weight is 473 g/mol. The highest BCUT2D eigenvalue weighted by molar-refractivity contribution is 9.10. The molecule has 154 valence electrons. The van der Waals surface area contributed by atoms with Crippen molar-refractivity contribution in [3.05, 3.63) is 63.6 Å². The van der Waals surface area contributed by atoms with Gasteiger partial charge in [0, 0.05) is 10.0 Å². The number of benzene rings is 2.